The van der Waals surface area contributed by atoms with Gasteiger partial charge < -0.3 is 40.5 Å². The van der Waals surface area contributed by atoms with Gasteiger partial charge in [-0.3, -0.25) is 19.3 Å². The number of nitrogens with zero attached hydrogens (tertiary/aromatic N) is 4. The van der Waals surface area contributed by atoms with Gasteiger partial charge in [-0.05, 0) is 114 Å². The number of carbonyl (C=O) groups excluding carboxylic acids is 3. The van der Waals surface area contributed by atoms with Crippen molar-refractivity contribution in [2.24, 2.45) is 5.41 Å². The first-order valence-corrected chi connectivity index (χ1v) is 26.7. The number of rotatable bonds is 22. The van der Waals surface area contributed by atoms with E-state index in [1.165, 1.54) is 0 Å². The molecule has 0 spiro atoms. The third-order valence-corrected chi connectivity index (χ3v) is 14.8. The zero-order valence-electron chi connectivity index (χ0n) is 42.1. The van der Waals surface area contributed by atoms with Crippen LogP contribution >= 0.6 is 22.9 Å². The molecule has 0 unspecified atom stereocenters. The predicted molar refractivity (Wildman–Crippen MR) is 287 cm³/mol. The number of alkyl halides is 1. The van der Waals surface area contributed by atoms with Crippen molar-refractivity contribution < 1.29 is 34.4 Å². The molecule has 3 amide bonds. The topological polar surface area (TPSA) is 168 Å². The summed E-state index contributed by atoms with van der Waals surface area (Å²) in [6.07, 6.45) is 4.04. The first kappa shape index (κ1) is 54.0. The van der Waals surface area contributed by atoms with E-state index in [1.54, 1.807) is 40.5 Å². The molecular formula is C57H71ClN6O7S. The molecule has 384 valence electrons. The monoisotopic (exact) mass is 1020 g/mol. The van der Waals surface area contributed by atoms with Crippen LogP contribution < -0.4 is 15.4 Å². The molecule has 0 saturated carbocycles. The number of thiazole rings is 1. The summed E-state index contributed by atoms with van der Waals surface area (Å²) in [4.78, 5) is 52.0. The van der Waals surface area contributed by atoms with Crippen LogP contribution in [0.25, 0.3) is 21.6 Å². The van der Waals surface area contributed by atoms with E-state index in [4.69, 9.17) is 16.3 Å². The molecular weight excluding hydrogens is 948 g/mol. The number of aromatic hydroxyl groups is 2. The number of aromatic nitrogens is 1. The zero-order chi connectivity index (χ0) is 51.2. The Kier molecular flexibility index (Phi) is 19.3. The minimum Gasteiger partial charge on any atom is -0.508 e. The number of nitrogens with one attached hydrogen (secondary N) is 2. The van der Waals surface area contributed by atoms with Gasteiger partial charge in [-0.1, -0.05) is 94.3 Å². The van der Waals surface area contributed by atoms with Gasteiger partial charge in [0.05, 0.1) is 28.2 Å². The number of benzene rings is 4. The number of aliphatic hydroxyl groups is 1. The van der Waals surface area contributed by atoms with Crippen molar-refractivity contribution in [3.63, 3.8) is 0 Å². The Hall–Kier alpha value is -5.77. The molecule has 1 aromatic heterocycles. The zero-order valence-corrected chi connectivity index (χ0v) is 43.7. The van der Waals surface area contributed by atoms with Crippen LogP contribution in [0, 0.1) is 12.3 Å². The number of unbranched alkanes of at least 4 members (excludes halogenated alkanes) is 3. The van der Waals surface area contributed by atoms with Crippen LogP contribution in [-0.4, -0.2) is 129 Å². The lowest BCUT2D eigenvalue weighted by atomic mass is 9.85. The summed E-state index contributed by atoms with van der Waals surface area (Å²) in [5, 5.41) is 37.1. The molecule has 3 heterocycles. The molecule has 2 aliphatic heterocycles. The van der Waals surface area contributed by atoms with Crippen molar-refractivity contribution in [3.05, 3.63) is 131 Å². The molecule has 72 heavy (non-hydrogen) atoms. The number of halogens is 1. The van der Waals surface area contributed by atoms with E-state index in [0.29, 0.717) is 51.5 Å². The van der Waals surface area contributed by atoms with Crippen LogP contribution in [0.5, 0.6) is 17.2 Å². The number of aliphatic hydroxyl groups excluding tert-OH is 1. The van der Waals surface area contributed by atoms with Gasteiger partial charge in [-0.2, -0.15) is 0 Å². The fourth-order valence-electron chi connectivity index (χ4n) is 9.60. The summed E-state index contributed by atoms with van der Waals surface area (Å²) in [5.74, 6) is 1.30. The number of phenols is 2. The SMILES string of the molecule is Cc1ncsc1-c1ccc(CNC(=O)[C@@H]2C[C@@H](O)CN2C(=O)[C@@H](NCCCCCCC(=O)N2CCN(CCOc3ccc(C(=C(CCCl)c4ccc(O)cc4)c4ccc(O)cc4)cc3)CC2)C(C)(C)C)cc1. The summed E-state index contributed by atoms with van der Waals surface area (Å²) in [6, 6.07) is 29.0. The van der Waals surface area contributed by atoms with Crippen molar-refractivity contribution in [1.29, 1.82) is 0 Å². The van der Waals surface area contributed by atoms with Crippen molar-refractivity contribution >= 4 is 51.8 Å². The van der Waals surface area contributed by atoms with Gasteiger partial charge >= 0.3 is 0 Å². The molecule has 2 fully saturated rings. The van der Waals surface area contributed by atoms with E-state index in [2.05, 4.69) is 20.5 Å². The average Bonchev–Trinajstić information content (AvgIpc) is 3.99. The molecule has 0 aliphatic carbocycles. The highest BCUT2D eigenvalue weighted by Gasteiger charge is 2.43. The van der Waals surface area contributed by atoms with E-state index in [1.807, 2.05) is 111 Å². The fourth-order valence-corrected chi connectivity index (χ4v) is 10.6. The molecule has 5 aromatic rings. The van der Waals surface area contributed by atoms with Crippen LogP contribution in [-0.2, 0) is 20.9 Å². The maximum Gasteiger partial charge on any atom is 0.243 e. The smallest absolute Gasteiger partial charge is 0.243 e. The average molecular weight is 1020 g/mol. The molecule has 4 aromatic carbocycles. The summed E-state index contributed by atoms with van der Waals surface area (Å²) in [7, 11) is 0. The van der Waals surface area contributed by atoms with Crippen molar-refractivity contribution in [2.45, 2.75) is 97.4 Å². The van der Waals surface area contributed by atoms with Crippen LogP contribution in [0.15, 0.2) is 103 Å². The number of allylic oxidation sites excluding steroid dienone is 1. The van der Waals surface area contributed by atoms with Gasteiger partial charge in [0.2, 0.25) is 17.7 Å². The Morgan fingerprint density at radius 1 is 0.819 bits per heavy atom. The van der Waals surface area contributed by atoms with E-state index in [9.17, 15) is 29.7 Å². The predicted octanol–water partition coefficient (Wildman–Crippen LogP) is 8.87. The number of phenolic OH excluding ortho intramolecular Hbond substituents is 2. The highest BCUT2D eigenvalue weighted by Crippen LogP contribution is 2.37. The lowest BCUT2D eigenvalue weighted by molar-refractivity contribution is -0.142. The molecule has 3 atom stereocenters. The Morgan fingerprint density at radius 3 is 2.06 bits per heavy atom. The third-order valence-electron chi connectivity index (χ3n) is 13.6. The lowest BCUT2D eigenvalue weighted by Gasteiger charge is -2.35. The van der Waals surface area contributed by atoms with Crippen LogP contribution in [0.1, 0.15) is 93.7 Å². The van der Waals surface area contributed by atoms with Crippen LogP contribution in [0.2, 0.25) is 0 Å². The second-order valence-electron chi connectivity index (χ2n) is 20.0. The molecule has 5 N–H and O–H groups in total. The van der Waals surface area contributed by atoms with Gasteiger partial charge in [-0.25, -0.2) is 4.98 Å². The number of carbonyl (C=O) groups is 3. The number of aryl methyl sites for hydroxylation is 1. The number of amides is 3. The molecule has 15 heteroatoms. The normalized spacial score (nSPS) is 17.1. The van der Waals surface area contributed by atoms with Crippen LogP contribution in [0.4, 0.5) is 0 Å². The van der Waals surface area contributed by atoms with Crippen molar-refractivity contribution in [2.75, 3.05) is 58.3 Å². The quantitative estimate of drug-likeness (QED) is 0.0257. The molecule has 13 nitrogen and oxygen atoms in total. The maximum atomic E-state index is 14.1. The van der Waals surface area contributed by atoms with E-state index >= 15 is 0 Å². The molecule has 7 rings (SSSR count). The minimum atomic E-state index is -0.770. The Bertz CT molecular complexity index is 2570. The Labute approximate surface area is 433 Å². The van der Waals surface area contributed by atoms with E-state index in [0.717, 1.165) is 101 Å². The first-order chi connectivity index (χ1) is 34.7. The number of likely N-dealkylation sites (tertiary alicyclic amines) is 1. The fraction of sp³-hybridized carbons (Fsp3) is 0.439. The van der Waals surface area contributed by atoms with Gasteiger partial charge in [0.15, 0.2) is 0 Å². The van der Waals surface area contributed by atoms with Gasteiger partial charge in [-0.15, -0.1) is 22.9 Å². The Morgan fingerprint density at radius 2 is 1.44 bits per heavy atom. The largest absolute Gasteiger partial charge is 0.508 e. The van der Waals surface area contributed by atoms with Gasteiger partial charge in [0.25, 0.3) is 0 Å². The summed E-state index contributed by atoms with van der Waals surface area (Å²) in [6.45, 7) is 13.3. The molecule has 0 radical (unpaired) electrons. The van der Waals surface area contributed by atoms with Crippen molar-refractivity contribution in [1.82, 2.24) is 30.3 Å². The lowest BCUT2D eigenvalue weighted by Crippen LogP contribution is -2.56. The highest BCUT2D eigenvalue weighted by molar-refractivity contribution is 7.13. The standard InChI is InChI=1S/C57H71ClN6O7S/c1-39-53(72-38-61-39)44-12-10-40(11-13-44)36-60-55(69)50-35-47(67)37-64(50)56(70)54(57(2,3)4)59-28-8-6-5-7-9-51(68)63-31-29-62(30-32-63)33-34-71-48-24-18-43(19-25-48)52(42-16-22-46(66)23-17-42)49(26-27-58)41-14-20-45(65)21-15-41/h10-25,38,47,50,54,59,65-67H,5-9,26-37H2,1-4H3,(H,60,69)/t47-,50+,54-/m1/s1. The highest BCUT2D eigenvalue weighted by atomic mass is 35.5. The van der Waals surface area contributed by atoms with Gasteiger partial charge in [0.1, 0.15) is 29.9 Å². The molecule has 2 aliphatic rings. The number of piperazine rings is 1. The molecule has 2 saturated heterocycles. The summed E-state index contributed by atoms with van der Waals surface area (Å²) >= 11 is 7.91. The van der Waals surface area contributed by atoms with Crippen LogP contribution in [0.3, 0.4) is 0 Å². The second-order valence-corrected chi connectivity index (χ2v) is 21.2. The van der Waals surface area contributed by atoms with Crippen molar-refractivity contribution in [3.8, 4) is 27.7 Å². The summed E-state index contributed by atoms with van der Waals surface area (Å²) in [5.41, 5.74) is 9.32. The third kappa shape index (κ3) is 14.7. The molecule has 0 bridgehead atoms. The summed E-state index contributed by atoms with van der Waals surface area (Å²) < 4.78 is 6.18. The second kappa shape index (κ2) is 25.7. The maximum absolute atomic E-state index is 14.1. The number of hydrogen-bond acceptors (Lipinski definition) is 11. The Balaban J connectivity index is 0.795. The number of hydrogen-bond donors (Lipinski definition) is 5. The number of ether oxygens (including phenoxy) is 1. The van der Waals surface area contributed by atoms with E-state index < -0.39 is 23.6 Å². The first-order valence-electron chi connectivity index (χ1n) is 25.3. The number of β-amino-alcohol motifs (C(OH)–C–C–N with tert-alkyl or cyclic N) is 1. The minimum absolute atomic E-state index is 0.119. The van der Waals surface area contributed by atoms with E-state index in [-0.39, 0.29) is 42.2 Å². The van der Waals surface area contributed by atoms with Gasteiger partial charge in [0, 0.05) is 64.5 Å².